The molecule has 3 fully saturated rings. The Hall–Kier alpha value is -3.20. The summed E-state index contributed by atoms with van der Waals surface area (Å²) in [4.78, 5) is 31.0. The average Bonchev–Trinajstić information content (AvgIpc) is 3.31. The smallest absolute Gasteiger partial charge is 0.250 e. The van der Waals surface area contributed by atoms with Crippen LogP contribution in [0.4, 0.5) is 0 Å². The predicted octanol–water partition coefficient (Wildman–Crippen LogP) is 1.87. The summed E-state index contributed by atoms with van der Waals surface area (Å²) in [5.41, 5.74) is 0.645. The van der Waals surface area contributed by atoms with Gasteiger partial charge in [-0.3, -0.25) is 9.59 Å². The van der Waals surface area contributed by atoms with Crippen LogP contribution in [0, 0.1) is 5.92 Å². The molecule has 182 valence electrons. The van der Waals surface area contributed by atoms with Crippen molar-refractivity contribution in [3.63, 3.8) is 0 Å². The first-order valence-corrected chi connectivity index (χ1v) is 11.9. The Bertz CT molecular complexity index is 1150. The quantitative estimate of drug-likeness (QED) is 0.663. The number of benzene rings is 2. The largest absolute Gasteiger partial charge is 0.497 e. The minimum absolute atomic E-state index is 0.149. The number of ether oxygens (including phenoxy) is 3. The standard InChI is InChI=1S/C27H28N2O6/c1-33-19-11-9-18(10-12-19)16-29-24-26(32)28(15-17-6-3-2-4-7-17)21(30)14-27(24)22(25(29)31)23-20(35-27)8-5-13-34-23/h2-12,20-24,30H,13-16H2,1H3/t20-,21?,22+,23+,24-,27+/m1/s1. The SMILES string of the molecule is COc1ccc(CN2C(=O)[C@@H]3[C@H]4OCC=C[C@H]4O[C@@]34CC(O)N(Cc3ccccc3)C(=O)[C@@H]24)cc1. The van der Waals surface area contributed by atoms with Crippen molar-refractivity contribution >= 4 is 11.8 Å². The number of methoxy groups -OCH3 is 1. The molecule has 8 nitrogen and oxygen atoms in total. The highest BCUT2D eigenvalue weighted by atomic mass is 16.6. The minimum atomic E-state index is -1.14. The van der Waals surface area contributed by atoms with Gasteiger partial charge in [0, 0.05) is 19.5 Å². The molecule has 1 unspecified atom stereocenters. The van der Waals surface area contributed by atoms with Gasteiger partial charge < -0.3 is 29.1 Å². The Morgan fingerprint density at radius 2 is 1.71 bits per heavy atom. The lowest BCUT2D eigenvalue weighted by Gasteiger charge is -2.46. The number of hydrogen-bond acceptors (Lipinski definition) is 6. The molecular weight excluding hydrogens is 448 g/mol. The van der Waals surface area contributed by atoms with E-state index in [0.29, 0.717) is 12.4 Å². The fourth-order valence-corrected chi connectivity index (χ4v) is 6.10. The molecule has 4 aliphatic rings. The fraction of sp³-hybridized carbons (Fsp3) is 0.407. The van der Waals surface area contributed by atoms with Gasteiger partial charge >= 0.3 is 0 Å². The number of carbonyl (C=O) groups is 2. The van der Waals surface area contributed by atoms with E-state index in [1.165, 1.54) is 4.90 Å². The van der Waals surface area contributed by atoms with Crippen LogP contribution in [-0.4, -0.2) is 70.5 Å². The molecule has 1 N–H and O–H groups in total. The monoisotopic (exact) mass is 476 g/mol. The van der Waals surface area contributed by atoms with Gasteiger partial charge in [0.2, 0.25) is 5.91 Å². The first kappa shape index (κ1) is 22.3. The zero-order valence-corrected chi connectivity index (χ0v) is 19.4. The van der Waals surface area contributed by atoms with E-state index in [1.807, 2.05) is 66.7 Å². The summed E-state index contributed by atoms with van der Waals surface area (Å²) in [6.45, 7) is 0.902. The van der Waals surface area contributed by atoms with Gasteiger partial charge in [-0.2, -0.15) is 0 Å². The molecule has 3 saturated heterocycles. The van der Waals surface area contributed by atoms with Crippen molar-refractivity contribution in [1.29, 1.82) is 0 Å². The molecule has 0 aliphatic carbocycles. The van der Waals surface area contributed by atoms with Crippen LogP contribution in [0.3, 0.4) is 0 Å². The van der Waals surface area contributed by atoms with E-state index in [9.17, 15) is 14.7 Å². The van der Waals surface area contributed by atoms with Crippen molar-refractivity contribution in [2.45, 2.75) is 49.6 Å². The highest BCUT2D eigenvalue weighted by Gasteiger charge is 2.73. The molecule has 0 saturated carbocycles. The Morgan fingerprint density at radius 1 is 1.00 bits per heavy atom. The normalized spacial score (nSPS) is 33.5. The summed E-state index contributed by atoms with van der Waals surface area (Å²) in [6, 6.07) is 16.1. The number of likely N-dealkylation sites (tertiary alicyclic amines) is 2. The Kier molecular flexibility index (Phi) is 5.40. The molecule has 6 rings (SSSR count). The molecule has 6 atom stereocenters. The number of nitrogens with zero attached hydrogens (tertiary/aromatic N) is 2. The maximum atomic E-state index is 14.0. The first-order valence-electron chi connectivity index (χ1n) is 11.9. The molecule has 2 aromatic rings. The molecule has 8 heteroatoms. The number of piperidine rings is 1. The van der Waals surface area contributed by atoms with Gasteiger partial charge in [0.15, 0.2) is 0 Å². The van der Waals surface area contributed by atoms with Crippen LogP contribution in [0.5, 0.6) is 5.75 Å². The van der Waals surface area contributed by atoms with Crippen LogP contribution in [-0.2, 0) is 32.2 Å². The summed E-state index contributed by atoms with van der Waals surface area (Å²) >= 11 is 0. The molecule has 1 spiro atoms. The number of aliphatic hydroxyl groups is 1. The van der Waals surface area contributed by atoms with Crippen LogP contribution < -0.4 is 4.74 Å². The Morgan fingerprint density at radius 3 is 2.46 bits per heavy atom. The zero-order valence-electron chi connectivity index (χ0n) is 19.4. The highest BCUT2D eigenvalue weighted by Crippen LogP contribution is 2.54. The number of amides is 2. The minimum Gasteiger partial charge on any atom is -0.497 e. The van der Waals surface area contributed by atoms with Gasteiger partial charge in [-0.25, -0.2) is 0 Å². The number of aliphatic hydroxyl groups excluding tert-OH is 1. The van der Waals surface area contributed by atoms with Crippen molar-refractivity contribution in [1.82, 2.24) is 9.80 Å². The molecule has 4 aliphatic heterocycles. The lowest BCUT2D eigenvalue weighted by molar-refractivity contribution is -0.186. The van der Waals surface area contributed by atoms with E-state index in [1.54, 1.807) is 12.0 Å². The van der Waals surface area contributed by atoms with Gasteiger partial charge in [-0.05, 0) is 23.3 Å². The second kappa shape index (κ2) is 8.48. The van der Waals surface area contributed by atoms with E-state index in [0.717, 1.165) is 11.1 Å². The van der Waals surface area contributed by atoms with E-state index in [4.69, 9.17) is 14.2 Å². The summed E-state index contributed by atoms with van der Waals surface area (Å²) in [5, 5.41) is 11.2. The van der Waals surface area contributed by atoms with Gasteiger partial charge in [-0.15, -0.1) is 0 Å². The van der Waals surface area contributed by atoms with Crippen LogP contribution in [0.15, 0.2) is 66.7 Å². The number of rotatable bonds is 5. The van der Waals surface area contributed by atoms with E-state index in [2.05, 4.69) is 0 Å². The molecule has 4 heterocycles. The van der Waals surface area contributed by atoms with Crippen LogP contribution in [0.2, 0.25) is 0 Å². The maximum absolute atomic E-state index is 14.0. The summed E-state index contributed by atoms with van der Waals surface area (Å²) in [5.74, 6) is -0.414. The van der Waals surface area contributed by atoms with Gasteiger partial charge in [0.1, 0.15) is 35.8 Å². The van der Waals surface area contributed by atoms with Crippen molar-refractivity contribution in [3.8, 4) is 5.75 Å². The third kappa shape index (κ3) is 3.47. The van der Waals surface area contributed by atoms with Crippen LogP contribution in [0.25, 0.3) is 0 Å². The Balaban J connectivity index is 1.38. The molecule has 2 amide bonds. The second-order valence-electron chi connectivity index (χ2n) is 9.59. The summed E-state index contributed by atoms with van der Waals surface area (Å²) in [6.07, 6.45) is 1.97. The van der Waals surface area contributed by atoms with Crippen LogP contribution in [0.1, 0.15) is 17.5 Å². The third-order valence-electron chi connectivity index (χ3n) is 7.65. The van der Waals surface area contributed by atoms with E-state index in [-0.39, 0.29) is 31.3 Å². The van der Waals surface area contributed by atoms with Gasteiger partial charge in [0.25, 0.3) is 5.91 Å². The van der Waals surface area contributed by atoms with E-state index < -0.39 is 36.0 Å². The van der Waals surface area contributed by atoms with Crippen molar-refractivity contribution in [2.24, 2.45) is 5.92 Å². The number of carbonyl (C=O) groups excluding carboxylic acids is 2. The summed E-state index contributed by atoms with van der Waals surface area (Å²) in [7, 11) is 1.60. The van der Waals surface area contributed by atoms with Gasteiger partial charge in [-0.1, -0.05) is 54.6 Å². The maximum Gasteiger partial charge on any atom is 0.250 e. The van der Waals surface area contributed by atoms with Crippen molar-refractivity contribution in [2.75, 3.05) is 13.7 Å². The van der Waals surface area contributed by atoms with Crippen LogP contribution >= 0.6 is 0 Å². The zero-order chi connectivity index (χ0) is 24.2. The molecule has 0 bridgehead atoms. The van der Waals surface area contributed by atoms with Crippen molar-refractivity contribution in [3.05, 3.63) is 77.9 Å². The number of hydrogen-bond donors (Lipinski definition) is 1. The Labute approximate surface area is 203 Å². The molecule has 35 heavy (non-hydrogen) atoms. The second-order valence-corrected chi connectivity index (χ2v) is 9.59. The lowest BCUT2D eigenvalue weighted by atomic mass is 9.77. The highest BCUT2D eigenvalue weighted by molar-refractivity contribution is 5.96. The topological polar surface area (TPSA) is 88.5 Å². The molecular formula is C27H28N2O6. The predicted molar refractivity (Wildman–Crippen MR) is 125 cm³/mol. The third-order valence-corrected chi connectivity index (χ3v) is 7.65. The molecule has 0 radical (unpaired) electrons. The average molecular weight is 477 g/mol. The van der Waals surface area contributed by atoms with E-state index >= 15 is 0 Å². The summed E-state index contributed by atoms with van der Waals surface area (Å²) < 4.78 is 17.7. The first-order chi connectivity index (χ1) is 17.0. The molecule has 2 aromatic carbocycles. The number of fused-ring (bicyclic) bond motifs is 2. The fourth-order valence-electron chi connectivity index (χ4n) is 6.10. The molecule has 0 aromatic heterocycles. The lowest BCUT2D eigenvalue weighted by Crippen LogP contribution is -2.65. The van der Waals surface area contributed by atoms with Crippen molar-refractivity contribution < 1.29 is 28.9 Å². The van der Waals surface area contributed by atoms with Gasteiger partial charge in [0.05, 0.1) is 19.6 Å².